The van der Waals surface area contributed by atoms with Crippen LogP contribution in [0.5, 0.6) is 0 Å². The van der Waals surface area contributed by atoms with E-state index in [1.54, 1.807) is 30.3 Å². The van der Waals surface area contributed by atoms with Gasteiger partial charge in [-0.25, -0.2) is 4.79 Å². The summed E-state index contributed by atoms with van der Waals surface area (Å²) >= 11 is 0. The van der Waals surface area contributed by atoms with Crippen LogP contribution in [0.3, 0.4) is 0 Å². The molecular weight excluding hydrogens is 276 g/mol. The van der Waals surface area contributed by atoms with Gasteiger partial charge >= 0.3 is 5.97 Å². The molecule has 1 aliphatic heterocycles. The largest absolute Gasteiger partial charge is 0.443 e. The number of carbonyl (C=O) groups is 1. The van der Waals surface area contributed by atoms with Gasteiger partial charge in [0.1, 0.15) is 18.3 Å². The number of methoxy groups -OCH3 is 1. The number of ether oxygens (including phenoxy) is 3. The van der Waals surface area contributed by atoms with Crippen molar-refractivity contribution in [3.63, 3.8) is 0 Å². The molecule has 6 nitrogen and oxygen atoms in total. The van der Waals surface area contributed by atoms with Crippen molar-refractivity contribution in [1.82, 2.24) is 0 Å². The highest BCUT2D eigenvalue weighted by atomic mass is 16.7. The van der Waals surface area contributed by atoms with Gasteiger partial charge in [-0.05, 0) is 12.1 Å². The van der Waals surface area contributed by atoms with Crippen LogP contribution in [0.25, 0.3) is 0 Å². The number of hydrogen-bond acceptors (Lipinski definition) is 6. The number of aliphatic hydroxyl groups excluding tert-OH is 2. The summed E-state index contributed by atoms with van der Waals surface area (Å²) in [6.45, 7) is 0. The van der Waals surface area contributed by atoms with E-state index in [2.05, 4.69) is 5.92 Å². The summed E-state index contributed by atoms with van der Waals surface area (Å²) < 4.78 is 15.3. The number of rotatable bonds is 4. The molecule has 6 heteroatoms. The second kappa shape index (κ2) is 6.70. The van der Waals surface area contributed by atoms with E-state index < -0.39 is 36.7 Å². The minimum Gasteiger partial charge on any atom is -0.443 e. The lowest BCUT2D eigenvalue weighted by molar-refractivity contribution is -0.158. The highest BCUT2D eigenvalue weighted by Gasteiger charge is 2.47. The molecule has 0 saturated carbocycles. The molecule has 0 aromatic heterocycles. The molecule has 1 heterocycles. The molecule has 1 fully saturated rings. The van der Waals surface area contributed by atoms with Crippen LogP contribution < -0.4 is 0 Å². The Morgan fingerprint density at radius 2 is 2.00 bits per heavy atom. The van der Waals surface area contributed by atoms with Crippen LogP contribution in [-0.4, -0.2) is 54.0 Å². The summed E-state index contributed by atoms with van der Waals surface area (Å²) in [7, 11) is 1.32. The molecule has 0 unspecified atom stereocenters. The third-order valence-electron chi connectivity index (χ3n) is 3.20. The van der Waals surface area contributed by atoms with Gasteiger partial charge in [0, 0.05) is 7.11 Å². The fourth-order valence-electron chi connectivity index (χ4n) is 2.07. The van der Waals surface area contributed by atoms with Crippen LogP contribution in [0.15, 0.2) is 30.3 Å². The predicted molar refractivity (Wildman–Crippen MR) is 72.2 cm³/mol. The van der Waals surface area contributed by atoms with E-state index in [-0.39, 0.29) is 0 Å². The molecule has 1 aromatic carbocycles. The van der Waals surface area contributed by atoms with Crippen molar-refractivity contribution >= 4 is 5.97 Å². The Morgan fingerprint density at radius 1 is 1.33 bits per heavy atom. The van der Waals surface area contributed by atoms with E-state index in [0.29, 0.717) is 5.56 Å². The summed E-state index contributed by atoms with van der Waals surface area (Å²) in [5.41, 5.74) is 0.328. The molecule has 0 radical (unpaired) electrons. The van der Waals surface area contributed by atoms with Crippen LogP contribution in [-0.2, 0) is 14.2 Å². The zero-order valence-corrected chi connectivity index (χ0v) is 11.4. The Kier molecular flexibility index (Phi) is 4.94. The Labute approximate surface area is 122 Å². The number of esters is 1. The first kappa shape index (κ1) is 15.5. The molecule has 1 saturated heterocycles. The lowest BCUT2D eigenvalue weighted by atomic mass is 10.1. The first-order valence-electron chi connectivity index (χ1n) is 6.35. The van der Waals surface area contributed by atoms with Gasteiger partial charge in [0.05, 0.1) is 5.56 Å². The quantitative estimate of drug-likeness (QED) is 0.597. The zero-order chi connectivity index (χ0) is 15.4. The number of hydrogen-bond donors (Lipinski definition) is 2. The second-order valence-electron chi connectivity index (χ2n) is 4.54. The van der Waals surface area contributed by atoms with E-state index in [9.17, 15) is 15.0 Å². The third kappa shape index (κ3) is 3.23. The smallest absolute Gasteiger partial charge is 0.339 e. The van der Waals surface area contributed by atoms with Gasteiger partial charge in [0.25, 0.3) is 0 Å². The number of carbonyl (C=O) groups excluding carboxylic acids is 1. The Morgan fingerprint density at radius 3 is 2.52 bits per heavy atom. The van der Waals surface area contributed by atoms with Gasteiger partial charge < -0.3 is 24.4 Å². The molecule has 0 spiro atoms. The van der Waals surface area contributed by atoms with Crippen molar-refractivity contribution in [3.05, 3.63) is 35.9 Å². The minimum absolute atomic E-state index is 0.328. The molecule has 2 N–H and O–H groups in total. The Balaban J connectivity index is 2.08. The standard InChI is InChI=1S/C15H16O6/c1-3-10(13-11(16)12(17)15(19-2)21-13)20-14(18)9-7-5-4-6-8-9/h1,4-8,10-13,15-17H,2H3/t10-,11-,12+,13+,15+/m0/s1. The van der Waals surface area contributed by atoms with E-state index in [4.69, 9.17) is 20.6 Å². The monoisotopic (exact) mass is 292 g/mol. The fraction of sp³-hybridized carbons (Fsp3) is 0.400. The van der Waals surface area contributed by atoms with Crippen molar-refractivity contribution in [2.45, 2.75) is 30.7 Å². The third-order valence-corrected chi connectivity index (χ3v) is 3.20. The van der Waals surface area contributed by atoms with Crippen molar-refractivity contribution in [1.29, 1.82) is 0 Å². The minimum atomic E-state index is -1.31. The van der Waals surface area contributed by atoms with Crippen LogP contribution in [0, 0.1) is 12.3 Å². The van der Waals surface area contributed by atoms with Crippen molar-refractivity contribution in [3.8, 4) is 12.3 Å². The maximum absolute atomic E-state index is 12.0. The van der Waals surface area contributed by atoms with Crippen molar-refractivity contribution < 1.29 is 29.2 Å². The molecule has 1 aromatic rings. The zero-order valence-electron chi connectivity index (χ0n) is 11.4. The highest BCUT2D eigenvalue weighted by Crippen LogP contribution is 2.25. The fourth-order valence-corrected chi connectivity index (χ4v) is 2.07. The maximum Gasteiger partial charge on any atom is 0.339 e. The number of terminal acetylenes is 1. The molecular formula is C15H16O6. The molecule has 1 aliphatic rings. The lowest BCUT2D eigenvalue weighted by Gasteiger charge is -2.21. The van der Waals surface area contributed by atoms with Gasteiger partial charge in [0.15, 0.2) is 12.4 Å². The predicted octanol–water partition coefficient (Wildman–Crippen LogP) is -0.0617. The van der Waals surface area contributed by atoms with E-state index in [1.165, 1.54) is 7.11 Å². The molecule has 21 heavy (non-hydrogen) atoms. The maximum atomic E-state index is 12.0. The summed E-state index contributed by atoms with van der Waals surface area (Å²) in [5, 5.41) is 19.6. The number of aliphatic hydroxyl groups is 2. The summed E-state index contributed by atoms with van der Waals surface area (Å²) in [6, 6.07) is 8.29. The number of benzene rings is 1. The molecule has 5 atom stereocenters. The molecule has 112 valence electrons. The molecule has 0 amide bonds. The summed E-state index contributed by atoms with van der Waals surface area (Å²) in [4.78, 5) is 12.0. The van der Waals surface area contributed by atoms with Crippen LogP contribution in [0.4, 0.5) is 0 Å². The van der Waals surface area contributed by atoms with Crippen LogP contribution in [0.2, 0.25) is 0 Å². The Hall–Kier alpha value is -1.91. The molecule has 0 bridgehead atoms. The van der Waals surface area contributed by atoms with Crippen LogP contribution >= 0.6 is 0 Å². The first-order chi connectivity index (χ1) is 10.1. The van der Waals surface area contributed by atoms with Crippen LogP contribution in [0.1, 0.15) is 10.4 Å². The topological polar surface area (TPSA) is 85.2 Å². The van der Waals surface area contributed by atoms with Crippen molar-refractivity contribution in [2.24, 2.45) is 0 Å². The summed E-state index contributed by atoms with van der Waals surface area (Å²) in [6.07, 6.45) is -0.438. The first-order valence-corrected chi connectivity index (χ1v) is 6.35. The average Bonchev–Trinajstić information content (AvgIpc) is 2.81. The van der Waals surface area contributed by atoms with Gasteiger partial charge in [-0.2, -0.15) is 0 Å². The molecule has 2 rings (SSSR count). The molecule has 0 aliphatic carbocycles. The lowest BCUT2D eigenvalue weighted by Crippen LogP contribution is -2.40. The van der Waals surface area contributed by atoms with Gasteiger partial charge in [-0.1, -0.05) is 24.1 Å². The van der Waals surface area contributed by atoms with Crippen molar-refractivity contribution in [2.75, 3.05) is 7.11 Å². The Bertz CT molecular complexity index is 523. The van der Waals surface area contributed by atoms with E-state index in [0.717, 1.165) is 0 Å². The normalized spacial score (nSPS) is 29.6. The SMILES string of the molecule is C#C[C@H](OC(=O)c1ccccc1)[C@H]1O[C@@H](OC)[C@H](O)[C@@H]1O. The average molecular weight is 292 g/mol. The van der Waals surface area contributed by atoms with E-state index >= 15 is 0 Å². The van der Waals surface area contributed by atoms with Gasteiger partial charge in [0.2, 0.25) is 0 Å². The summed E-state index contributed by atoms with van der Waals surface area (Å²) in [5.74, 6) is 1.61. The highest BCUT2D eigenvalue weighted by molar-refractivity contribution is 5.89. The van der Waals surface area contributed by atoms with E-state index in [1.807, 2.05) is 0 Å². The second-order valence-corrected chi connectivity index (χ2v) is 4.54. The van der Waals surface area contributed by atoms with Gasteiger partial charge in [-0.3, -0.25) is 0 Å². The van der Waals surface area contributed by atoms with Gasteiger partial charge in [-0.15, -0.1) is 6.42 Å².